The van der Waals surface area contributed by atoms with Crippen molar-refractivity contribution in [1.82, 2.24) is 30.3 Å². The normalized spacial score (nSPS) is 18.6. The molecule has 2 aromatic carbocycles. The van der Waals surface area contributed by atoms with Crippen LogP contribution in [0.3, 0.4) is 0 Å². The standard InChI is InChI=1S/C36H41FN6O5/c1-23-17-33(41-42(23)2)35(46)40-28-9-7-27(8-10-28)39-34(45)32-20-26(37)21-38-36(32)48-30-6-3-5-24(19-30)31-12-11-29(44)18-25(31)22-43-13-4-15-47-16-14-43/h3,5-6,11-12,17-21,27-28,44H,4,7-10,13-16,22H2,1-2H3,(H,39,45)(H,40,46)/t27-,28+. The zero-order valence-electron chi connectivity index (χ0n) is 27.2. The van der Waals surface area contributed by atoms with E-state index in [2.05, 4.69) is 25.6 Å². The summed E-state index contributed by atoms with van der Waals surface area (Å²) >= 11 is 0. The second kappa shape index (κ2) is 15.0. The number of hydrogen-bond donors (Lipinski definition) is 3. The lowest BCUT2D eigenvalue weighted by Crippen LogP contribution is -2.44. The Balaban J connectivity index is 1.11. The van der Waals surface area contributed by atoms with Crippen LogP contribution in [-0.2, 0) is 18.3 Å². The summed E-state index contributed by atoms with van der Waals surface area (Å²) in [5, 5.41) is 20.6. The average Bonchev–Trinajstić information content (AvgIpc) is 3.23. The molecule has 1 aliphatic heterocycles. The van der Waals surface area contributed by atoms with E-state index in [1.165, 1.54) is 0 Å². The van der Waals surface area contributed by atoms with Gasteiger partial charge in [-0.05, 0) is 92.1 Å². The number of carbonyl (C=O) groups excluding carboxylic acids is 2. The van der Waals surface area contributed by atoms with Gasteiger partial charge in [0.1, 0.15) is 28.6 Å². The molecule has 3 heterocycles. The molecule has 0 radical (unpaired) electrons. The van der Waals surface area contributed by atoms with Crippen LogP contribution in [-0.4, -0.2) is 75.0 Å². The van der Waals surface area contributed by atoms with Crippen LogP contribution in [0.15, 0.2) is 60.8 Å². The molecule has 1 aliphatic carbocycles. The number of phenols is 1. The lowest BCUT2D eigenvalue weighted by molar-refractivity contribution is 0.0887. The zero-order valence-corrected chi connectivity index (χ0v) is 27.2. The number of pyridine rings is 1. The molecular weight excluding hydrogens is 615 g/mol. The third kappa shape index (κ3) is 8.18. The first-order valence-corrected chi connectivity index (χ1v) is 16.4. The van der Waals surface area contributed by atoms with Crippen LogP contribution in [0.25, 0.3) is 11.1 Å². The SMILES string of the molecule is Cc1cc(C(=O)N[C@H]2CC[C@@H](NC(=O)c3cc(F)cnc3Oc3cccc(-c4ccc(O)cc4CN4CCCOCC4)c3)CC2)nn1C. The van der Waals surface area contributed by atoms with Crippen molar-refractivity contribution in [2.24, 2.45) is 7.05 Å². The first-order chi connectivity index (χ1) is 23.2. The average molecular weight is 657 g/mol. The van der Waals surface area contributed by atoms with Crippen LogP contribution in [0.5, 0.6) is 17.4 Å². The molecule has 2 aromatic heterocycles. The minimum absolute atomic E-state index is 0.00458. The zero-order chi connectivity index (χ0) is 33.6. The molecule has 11 nitrogen and oxygen atoms in total. The predicted molar refractivity (Wildman–Crippen MR) is 177 cm³/mol. The molecule has 48 heavy (non-hydrogen) atoms. The molecule has 2 amide bonds. The van der Waals surface area contributed by atoms with Crippen LogP contribution in [0.1, 0.15) is 64.2 Å². The minimum atomic E-state index is -0.648. The summed E-state index contributed by atoms with van der Waals surface area (Å²) in [6, 6.07) is 15.4. The Bertz CT molecular complexity index is 1740. The van der Waals surface area contributed by atoms with Gasteiger partial charge in [-0.2, -0.15) is 5.10 Å². The number of rotatable bonds is 9. The Hall–Kier alpha value is -4.81. The second-order valence-electron chi connectivity index (χ2n) is 12.5. The summed E-state index contributed by atoms with van der Waals surface area (Å²) in [6.07, 6.45) is 4.65. The van der Waals surface area contributed by atoms with Crippen molar-refractivity contribution in [3.63, 3.8) is 0 Å². The highest BCUT2D eigenvalue weighted by atomic mass is 19.1. The van der Waals surface area contributed by atoms with E-state index < -0.39 is 11.7 Å². The van der Waals surface area contributed by atoms with Crippen molar-refractivity contribution < 1.29 is 28.6 Å². The number of hydrogen-bond acceptors (Lipinski definition) is 8. The number of benzene rings is 2. The van der Waals surface area contributed by atoms with Gasteiger partial charge in [-0.15, -0.1) is 0 Å². The first kappa shape index (κ1) is 33.1. The van der Waals surface area contributed by atoms with Crippen molar-refractivity contribution in [3.05, 3.63) is 89.1 Å². The van der Waals surface area contributed by atoms with Crippen LogP contribution in [0, 0.1) is 12.7 Å². The fourth-order valence-corrected chi connectivity index (χ4v) is 6.27. The van der Waals surface area contributed by atoms with E-state index in [4.69, 9.17) is 9.47 Å². The summed E-state index contributed by atoms with van der Waals surface area (Å²) < 4.78 is 27.7. The second-order valence-corrected chi connectivity index (χ2v) is 12.5. The molecule has 0 spiro atoms. The molecule has 1 saturated carbocycles. The predicted octanol–water partition coefficient (Wildman–Crippen LogP) is 5.12. The van der Waals surface area contributed by atoms with E-state index in [1.54, 1.807) is 36.0 Å². The topological polar surface area (TPSA) is 131 Å². The smallest absolute Gasteiger partial charge is 0.272 e. The number of aromatic hydroxyl groups is 1. The number of nitrogens with one attached hydrogen (secondary N) is 2. The third-order valence-corrected chi connectivity index (χ3v) is 8.96. The number of phenolic OH excluding ortho intramolecular Hbond substituents is 1. The number of nitrogens with zero attached hydrogens (tertiary/aromatic N) is 4. The van der Waals surface area contributed by atoms with Gasteiger partial charge >= 0.3 is 0 Å². The molecule has 4 aromatic rings. The van der Waals surface area contributed by atoms with Crippen molar-refractivity contribution in [3.8, 4) is 28.5 Å². The molecule has 12 heteroatoms. The Labute approximate surface area is 279 Å². The number of amides is 2. The molecule has 0 atom stereocenters. The fraction of sp³-hybridized carbons (Fsp3) is 0.389. The van der Waals surface area contributed by atoms with E-state index in [-0.39, 0.29) is 35.2 Å². The molecular formula is C36H41FN6O5. The maximum atomic E-state index is 14.4. The van der Waals surface area contributed by atoms with E-state index in [1.807, 2.05) is 31.2 Å². The fourth-order valence-electron chi connectivity index (χ4n) is 6.27. The van der Waals surface area contributed by atoms with Gasteiger partial charge in [0, 0.05) is 51.1 Å². The maximum Gasteiger partial charge on any atom is 0.272 e. The summed E-state index contributed by atoms with van der Waals surface area (Å²) in [7, 11) is 1.80. The third-order valence-electron chi connectivity index (χ3n) is 8.96. The number of aromatic nitrogens is 3. The van der Waals surface area contributed by atoms with E-state index in [9.17, 15) is 19.1 Å². The Morgan fingerprint density at radius 1 is 1.00 bits per heavy atom. The largest absolute Gasteiger partial charge is 0.508 e. The highest BCUT2D eigenvalue weighted by Gasteiger charge is 2.26. The quantitative estimate of drug-likeness (QED) is 0.226. The summed E-state index contributed by atoms with van der Waals surface area (Å²) in [4.78, 5) is 32.5. The summed E-state index contributed by atoms with van der Waals surface area (Å²) in [5.74, 6) is -0.722. The van der Waals surface area contributed by atoms with E-state index in [0.29, 0.717) is 50.3 Å². The highest BCUT2D eigenvalue weighted by molar-refractivity contribution is 5.96. The van der Waals surface area contributed by atoms with Gasteiger partial charge in [0.2, 0.25) is 5.88 Å². The van der Waals surface area contributed by atoms with Crippen molar-refractivity contribution in [2.75, 3.05) is 26.3 Å². The molecule has 0 bridgehead atoms. The molecule has 2 fully saturated rings. The maximum absolute atomic E-state index is 14.4. The number of ether oxygens (including phenoxy) is 2. The van der Waals surface area contributed by atoms with E-state index in [0.717, 1.165) is 60.8 Å². The van der Waals surface area contributed by atoms with Crippen LogP contribution in [0.4, 0.5) is 4.39 Å². The van der Waals surface area contributed by atoms with Crippen molar-refractivity contribution in [2.45, 2.75) is 57.7 Å². The van der Waals surface area contributed by atoms with Crippen molar-refractivity contribution >= 4 is 11.8 Å². The monoisotopic (exact) mass is 656 g/mol. The molecule has 252 valence electrons. The van der Waals surface area contributed by atoms with Gasteiger partial charge < -0.3 is 25.2 Å². The first-order valence-electron chi connectivity index (χ1n) is 16.4. The van der Waals surface area contributed by atoms with Crippen LogP contribution >= 0.6 is 0 Å². The molecule has 2 aliphatic rings. The van der Waals surface area contributed by atoms with Crippen molar-refractivity contribution in [1.29, 1.82) is 0 Å². The Kier molecular flexibility index (Phi) is 10.3. The van der Waals surface area contributed by atoms with Gasteiger partial charge in [-0.25, -0.2) is 9.37 Å². The molecule has 3 N–H and O–H groups in total. The Morgan fingerprint density at radius 2 is 1.77 bits per heavy atom. The molecule has 6 rings (SSSR count). The minimum Gasteiger partial charge on any atom is -0.508 e. The molecule has 0 unspecified atom stereocenters. The van der Waals surface area contributed by atoms with E-state index >= 15 is 0 Å². The highest BCUT2D eigenvalue weighted by Crippen LogP contribution is 2.33. The summed E-state index contributed by atoms with van der Waals surface area (Å²) in [5.41, 5.74) is 4.05. The van der Waals surface area contributed by atoms with Gasteiger partial charge in [-0.3, -0.25) is 19.2 Å². The van der Waals surface area contributed by atoms with Gasteiger partial charge in [0.05, 0.1) is 12.8 Å². The molecule has 1 saturated heterocycles. The van der Waals surface area contributed by atoms with Crippen LogP contribution in [0.2, 0.25) is 0 Å². The van der Waals surface area contributed by atoms with Gasteiger partial charge in [0.15, 0.2) is 0 Å². The number of aryl methyl sites for hydroxylation is 2. The Morgan fingerprint density at radius 3 is 2.52 bits per heavy atom. The summed E-state index contributed by atoms with van der Waals surface area (Å²) in [6.45, 7) is 5.67. The number of carbonyl (C=O) groups is 2. The van der Waals surface area contributed by atoms with Crippen LogP contribution < -0.4 is 15.4 Å². The number of halogens is 1. The lowest BCUT2D eigenvalue weighted by atomic mass is 9.91. The van der Waals surface area contributed by atoms with Gasteiger partial charge in [-0.1, -0.05) is 18.2 Å². The lowest BCUT2D eigenvalue weighted by Gasteiger charge is -2.29. The van der Waals surface area contributed by atoms with Gasteiger partial charge in [0.25, 0.3) is 11.8 Å².